The van der Waals surface area contributed by atoms with Crippen molar-refractivity contribution >= 4 is 26.8 Å². The van der Waals surface area contributed by atoms with Gasteiger partial charge in [0.25, 0.3) is 5.56 Å². The molecule has 0 amide bonds. The number of hydrogen-bond acceptors (Lipinski definition) is 6. The lowest BCUT2D eigenvalue weighted by molar-refractivity contribution is 0.0898. The fraction of sp³-hybridized carbons (Fsp3) is 0.391. The molecule has 0 aliphatic carbocycles. The van der Waals surface area contributed by atoms with Gasteiger partial charge >= 0.3 is 0 Å². The second kappa shape index (κ2) is 7.99. The smallest absolute Gasteiger partial charge is 0.255 e. The van der Waals surface area contributed by atoms with Crippen LogP contribution in [0.1, 0.15) is 36.7 Å². The van der Waals surface area contributed by atoms with Gasteiger partial charge < -0.3 is 14.7 Å². The number of hydrogen-bond donors (Lipinski definition) is 3. The fourth-order valence-electron chi connectivity index (χ4n) is 4.00. The summed E-state index contributed by atoms with van der Waals surface area (Å²) >= 11 is 0. The Hall–Kier alpha value is -2.75. The van der Waals surface area contributed by atoms with Crippen LogP contribution in [-0.2, 0) is 15.4 Å². The third kappa shape index (κ3) is 4.28. The van der Waals surface area contributed by atoms with Crippen LogP contribution in [0.4, 0.5) is 0 Å². The number of nitrogens with one attached hydrogen (secondary N) is 3. The van der Waals surface area contributed by atoms with Crippen LogP contribution in [0, 0.1) is 5.92 Å². The lowest BCUT2D eigenvalue weighted by atomic mass is 9.83. The average Bonchev–Trinajstić information content (AvgIpc) is 3.07. The SMILES string of the molecule is CC(C)(C)c1cc(-c2ccc[nH]c2=O)cc2c(C(=O)C(NS(C)(=O)=O)C3CNC3)coc12. The number of rotatable bonds is 6. The zero-order valence-electron chi connectivity index (χ0n) is 18.5. The number of fused-ring (bicyclic) bond motifs is 1. The van der Waals surface area contributed by atoms with E-state index in [-0.39, 0.29) is 22.7 Å². The molecule has 1 aliphatic heterocycles. The third-order valence-electron chi connectivity index (χ3n) is 5.78. The molecular formula is C23H27N3O5S. The van der Waals surface area contributed by atoms with Crippen molar-refractivity contribution in [2.45, 2.75) is 32.2 Å². The van der Waals surface area contributed by atoms with Gasteiger partial charge in [-0.05, 0) is 35.2 Å². The van der Waals surface area contributed by atoms with Gasteiger partial charge in [-0.2, -0.15) is 0 Å². The van der Waals surface area contributed by atoms with Crippen LogP contribution in [0.15, 0.2) is 45.9 Å². The molecule has 1 aromatic carbocycles. The van der Waals surface area contributed by atoms with Gasteiger partial charge in [0, 0.05) is 41.7 Å². The number of benzene rings is 1. The number of sulfonamides is 1. The summed E-state index contributed by atoms with van der Waals surface area (Å²) in [7, 11) is -3.60. The van der Waals surface area contributed by atoms with Gasteiger partial charge in [0.1, 0.15) is 11.8 Å². The Balaban J connectivity index is 1.91. The molecule has 1 saturated heterocycles. The highest BCUT2D eigenvalue weighted by molar-refractivity contribution is 7.88. The van der Waals surface area contributed by atoms with Crippen molar-refractivity contribution < 1.29 is 17.6 Å². The van der Waals surface area contributed by atoms with Gasteiger partial charge in [0.2, 0.25) is 10.0 Å². The summed E-state index contributed by atoms with van der Waals surface area (Å²) in [6, 6.07) is 6.25. The molecule has 3 N–H and O–H groups in total. The van der Waals surface area contributed by atoms with E-state index in [4.69, 9.17) is 4.42 Å². The zero-order chi connectivity index (χ0) is 23.3. The molecule has 1 unspecified atom stereocenters. The number of pyridine rings is 1. The molecule has 1 atom stereocenters. The first-order valence-corrected chi connectivity index (χ1v) is 12.3. The van der Waals surface area contributed by atoms with Crippen LogP contribution < -0.4 is 15.6 Å². The zero-order valence-corrected chi connectivity index (χ0v) is 19.3. The van der Waals surface area contributed by atoms with Gasteiger partial charge in [0.05, 0.1) is 17.9 Å². The quantitative estimate of drug-likeness (QED) is 0.489. The van der Waals surface area contributed by atoms with E-state index in [0.717, 1.165) is 11.8 Å². The minimum Gasteiger partial charge on any atom is -0.463 e. The maximum Gasteiger partial charge on any atom is 0.255 e. The number of aromatic amines is 1. The first-order chi connectivity index (χ1) is 15.0. The standard InChI is InChI=1S/C23H27N3O5S/c1-23(2,3)18-9-13(15-6-5-7-25-22(15)28)8-16-17(12-31-21(16)18)20(27)19(14-10-24-11-14)26-32(4,29)30/h5-9,12,14,19,24,26H,10-11H2,1-4H3,(H,25,28). The molecule has 9 heteroatoms. The van der Waals surface area contributed by atoms with E-state index in [9.17, 15) is 18.0 Å². The average molecular weight is 458 g/mol. The minimum atomic E-state index is -3.60. The van der Waals surface area contributed by atoms with E-state index in [0.29, 0.717) is 40.7 Å². The first kappa shape index (κ1) is 22.4. The van der Waals surface area contributed by atoms with Gasteiger partial charge in [-0.15, -0.1) is 0 Å². The molecular weight excluding hydrogens is 430 g/mol. The molecule has 0 spiro atoms. The summed E-state index contributed by atoms with van der Waals surface area (Å²) in [5.74, 6) is -0.496. The summed E-state index contributed by atoms with van der Waals surface area (Å²) in [6.45, 7) is 7.18. The van der Waals surface area contributed by atoms with E-state index < -0.39 is 16.1 Å². The second-order valence-corrected chi connectivity index (χ2v) is 11.1. The maximum atomic E-state index is 13.5. The highest BCUT2D eigenvalue weighted by atomic mass is 32.2. The van der Waals surface area contributed by atoms with E-state index in [1.807, 2.05) is 26.8 Å². The van der Waals surface area contributed by atoms with Crippen LogP contribution in [-0.4, -0.2) is 44.6 Å². The van der Waals surface area contributed by atoms with E-state index in [2.05, 4.69) is 15.0 Å². The highest BCUT2D eigenvalue weighted by Crippen LogP contribution is 2.37. The van der Waals surface area contributed by atoms with Gasteiger partial charge in [-0.25, -0.2) is 13.1 Å². The van der Waals surface area contributed by atoms with Crippen LogP contribution in [0.2, 0.25) is 0 Å². The van der Waals surface area contributed by atoms with Crippen LogP contribution in [0.3, 0.4) is 0 Å². The molecule has 8 nitrogen and oxygen atoms in total. The Morgan fingerprint density at radius 3 is 2.53 bits per heavy atom. The van der Waals surface area contributed by atoms with Crippen molar-refractivity contribution in [3.05, 3.63) is 58.2 Å². The predicted molar refractivity (Wildman–Crippen MR) is 123 cm³/mol. The number of carbonyl (C=O) groups is 1. The molecule has 32 heavy (non-hydrogen) atoms. The van der Waals surface area contributed by atoms with Crippen LogP contribution in [0.25, 0.3) is 22.1 Å². The highest BCUT2D eigenvalue weighted by Gasteiger charge is 2.37. The van der Waals surface area contributed by atoms with Gasteiger partial charge in [-0.3, -0.25) is 9.59 Å². The van der Waals surface area contributed by atoms with Crippen molar-refractivity contribution in [3.8, 4) is 11.1 Å². The Morgan fingerprint density at radius 1 is 1.25 bits per heavy atom. The maximum absolute atomic E-state index is 13.5. The number of furan rings is 1. The number of ketones is 1. The molecule has 3 aromatic rings. The monoisotopic (exact) mass is 457 g/mol. The van der Waals surface area contributed by atoms with Crippen molar-refractivity contribution in [2.24, 2.45) is 5.92 Å². The molecule has 0 bridgehead atoms. The lowest BCUT2D eigenvalue weighted by Gasteiger charge is -2.33. The Kier molecular flexibility index (Phi) is 5.60. The number of Topliss-reactive ketones (excluding diaryl/α,β-unsaturated/α-hetero) is 1. The van der Waals surface area contributed by atoms with Crippen LogP contribution in [0.5, 0.6) is 0 Å². The molecule has 0 radical (unpaired) electrons. The Labute approximate surface area is 186 Å². The summed E-state index contributed by atoms with van der Waals surface area (Å²) in [4.78, 5) is 28.7. The molecule has 1 aliphatic rings. The summed E-state index contributed by atoms with van der Waals surface area (Å²) in [5.41, 5.74) is 2.29. The van der Waals surface area contributed by atoms with Crippen molar-refractivity contribution in [3.63, 3.8) is 0 Å². The second-order valence-electron chi connectivity index (χ2n) is 9.36. The van der Waals surface area contributed by atoms with E-state index in [1.54, 1.807) is 24.4 Å². The summed E-state index contributed by atoms with van der Waals surface area (Å²) in [5, 5.41) is 3.65. The van der Waals surface area contributed by atoms with E-state index in [1.165, 1.54) is 6.26 Å². The molecule has 170 valence electrons. The fourth-order valence-corrected chi connectivity index (χ4v) is 4.76. The van der Waals surface area contributed by atoms with Gasteiger partial charge in [-0.1, -0.05) is 20.8 Å². The van der Waals surface area contributed by atoms with Crippen LogP contribution >= 0.6 is 0 Å². The molecule has 3 heterocycles. The van der Waals surface area contributed by atoms with Crippen molar-refractivity contribution in [1.29, 1.82) is 0 Å². The number of aromatic nitrogens is 1. The minimum absolute atomic E-state index is 0.149. The Bertz CT molecular complexity index is 1340. The normalized spacial score (nSPS) is 16.1. The van der Waals surface area contributed by atoms with Crippen molar-refractivity contribution in [1.82, 2.24) is 15.0 Å². The molecule has 1 fully saturated rings. The largest absolute Gasteiger partial charge is 0.463 e. The molecule has 0 saturated carbocycles. The summed E-state index contributed by atoms with van der Waals surface area (Å²) < 4.78 is 32.2. The molecule has 4 rings (SSSR count). The summed E-state index contributed by atoms with van der Waals surface area (Å²) in [6.07, 6.45) is 4.00. The topological polar surface area (TPSA) is 121 Å². The Morgan fingerprint density at radius 2 is 1.97 bits per heavy atom. The molecule has 2 aromatic heterocycles. The van der Waals surface area contributed by atoms with E-state index >= 15 is 0 Å². The van der Waals surface area contributed by atoms with Gasteiger partial charge in [0.15, 0.2) is 5.78 Å². The predicted octanol–water partition coefficient (Wildman–Crippen LogP) is 2.41. The first-order valence-electron chi connectivity index (χ1n) is 10.4. The number of H-pyrrole nitrogens is 1. The third-order valence-corrected chi connectivity index (χ3v) is 6.47. The lowest BCUT2D eigenvalue weighted by Crippen LogP contribution is -2.57. The van der Waals surface area contributed by atoms with Crippen molar-refractivity contribution in [2.75, 3.05) is 19.3 Å². The number of carbonyl (C=O) groups excluding carboxylic acids is 1.